The second-order valence-electron chi connectivity index (χ2n) is 4.36. The highest BCUT2D eigenvalue weighted by atomic mass is 35.5. The van der Waals surface area contributed by atoms with E-state index in [1.54, 1.807) is 11.8 Å². The van der Waals surface area contributed by atoms with Gasteiger partial charge in [0.15, 0.2) is 0 Å². The summed E-state index contributed by atoms with van der Waals surface area (Å²) in [7, 11) is 0. The Kier molecular flexibility index (Phi) is 5.28. The van der Waals surface area contributed by atoms with E-state index in [0.29, 0.717) is 16.3 Å². The minimum Gasteiger partial charge on any atom is -0.333 e. The molecule has 1 fully saturated rings. The summed E-state index contributed by atoms with van der Waals surface area (Å²) in [6.45, 7) is 5.81. The van der Waals surface area contributed by atoms with Crippen LogP contribution < -0.4 is 5.32 Å². The van der Waals surface area contributed by atoms with E-state index in [9.17, 15) is 14.9 Å². The molecule has 0 unspecified atom stereocenters. The highest BCUT2D eigenvalue weighted by Crippen LogP contribution is 2.29. The van der Waals surface area contributed by atoms with E-state index in [1.165, 1.54) is 17.4 Å². The number of carbonyl (C=O) groups is 1. The van der Waals surface area contributed by atoms with Crippen molar-refractivity contribution in [2.75, 3.05) is 19.6 Å². The van der Waals surface area contributed by atoms with Crippen LogP contribution in [0.4, 0.5) is 5.69 Å². The highest BCUT2D eigenvalue weighted by Gasteiger charge is 2.27. The Labute approximate surface area is 121 Å². The fourth-order valence-electron chi connectivity index (χ4n) is 2.04. The van der Waals surface area contributed by atoms with Crippen molar-refractivity contribution in [3.8, 4) is 0 Å². The zero-order valence-corrected chi connectivity index (χ0v) is 12.3. The molecule has 1 saturated heterocycles. The van der Waals surface area contributed by atoms with E-state index in [4.69, 9.17) is 0 Å². The van der Waals surface area contributed by atoms with Crippen LogP contribution in [0.25, 0.3) is 0 Å². The van der Waals surface area contributed by atoms with Crippen LogP contribution in [0, 0.1) is 17.0 Å². The summed E-state index contributed by atoms with van der Waals surface area (Å²) in [5.74, 6) is -0.106. The number of halogens is 1. The number of piperazine rings is 1. The van der Waals surface area contributed by atoms with Crippen molar-refractivity contribution in [3.05, 3.63) is 25.9 Å². The maximum Gasteiger partial charge on any atom is 0.283 e. The Morgan fingerprint density at radius 1 is 1.63 bits per heavy atom. The van der Waals surface area contributed by atoms with Crippen LogP contribution in [-0.4, -0.2) is 41.4 Å². The molecule has 6 nitrogen and oxygen atoms in total. The number of aryl methyl sites for hydroxylation is 1. The molecule has 0 aromatic carbocycles. The largest absolute Gasteiger partial charge is 0.333 e. The molecule has 8 heteroatoms. The van der Waals surface area contributed by atoms with Gasteiger partial charge in [-0.15, -0.1) is 23.7 Å². The molecule has 2 rings (SSSR count). The van der Waals surface area contributed by atoms with Crippen LogP contribution in [0.3, 0.4) is 0 Å². The molecular weight excluding hydrogens is 290 g/mol. The van der Waals surface area contributed by atoms with Crippen molar-refractivity contribution in [1.82, 2.24) is 10.2 Å². The lowest BCUT2D eigenvalue weighted by Gasteiger charge is -2.33. The monoisotopic (exact) mass is 305 g/mol. The Bertz CT molecular complexity index is 492. The van der Waals surface area contributed by atoms with E-state index in [2.05, 4.69) is 5.32 Å². The third kappa shape index (κ3) is 3.23. The molecule has 0 spiro atoms. The van der Waals surface area contributed by atoms with E-state index in [1.807, 2.05) is 6.92 Å². The van der Waals surface area contributed by atoms with E-state index in [-0.39, 0.29) is 30.0 Å². The number of thiophene rings is 1. The quantitative estimate of drug-likeness (QED) is 0.668. The number of rotatable bonds is 2. The molecule has 1 aliphatic heterocycles. The normalized spacial score (nSPS) is 18.8. The summed E-state index contributed by atoms with van der Waals surface area (Å²) in [5.41, 5.74) is 0.0335. The van der Waals surface area contributed by atoms with Crippen molar-refractivity contribution < 1.29 is 9.72 Å². The summed E-state index contributed by atoms with van der Waals surface area (Å²) >= 11 is 1.19. The molecule has 1 atom stereocenters. The third-order valence-corrected chi connectivity index (χ3v) is 4.09. The third-order valence-electron chi connectivity index (χ3n) is 3.06. The maximum atomic E-state index is 12.3. The van der Waals surface area contributed by atoms with E-state index >= 15 is 0 Å². The van der Waals surface area contributed by atoms with Crippen LogP contribution in [0.15, 0.2) is 6.07 Å². The first kappa shape index (κ1) is 15.9. The molecule has 0 bridgehead atoms. The Morgan fingerprint density at radius 3 is 2.84 bits per heavy atom. The van der Waals surface area contributed by atoms with E-state index in [0.717, 1.165) is 13.1 Å². The second kappa shape index (κ2) is 6.31. The standard InChI is InChI=1S/C11H15N3O3S.ClH/c1-7-6-12-3-4-13(7)11(15)10-5-9(14(16)17)8(2)18-10;/h5,7,12H,3-4,6H2,1-2H3;1H/t7-;/m1./s1. The molecule has 1 amide bonds. The highest BCUT2D eigenvalue weighted by molar-refractivity contribution is 7.14. The predicted molar refractivity (Wildman–Crippen MR) is 76.3 cm³/mol. The van der Waals surface area contributed by atoms with Gasteiger partial charge in [0.2, 0.25) is 0 Å². The molecule has 1 aliphatic rings. The molecule has 0 aliphatic carbocycles. The second-order valence-corrected chi connectivity index (χ2v) is 5.62. The first-order chi connectivity index (χ1) is 8.50. The van der Waals surface area contributed by atoms with Gasteiger partial charge >= 0.3 is 0 Å². The van der Waals surface area contributed by atoms with Crippen molar-refractivity contribution in [2.45, 2.75) is 19.9 Å². The van der Waals surface area contributed by atoms with Gasteiger partial charge in [0, 0.05) is 31.7 Å². The zero-order chi connectivity index (χ0) is 13.3. The van der Waals surface area contributed by atoms with Gasteiger partial charge in [0.1, 0.15) is 0 Å². The van der Waals surface area contributed by atoms with Gasteiger partial charge in [0.05, 0.1) is 14.7 Å². The number of nitro groups is 1. The van der Waals surface area contributed by atoms with Gasteiger partial charge in [-0.05, 0) is 13.8 Å². The molecule has 1 aromatic rings. The molecule has 0 radical (unpaired) electrons. The summed E-state index contributed by atoms with van der Waals surface area (Å²) < 4.78 is 0. The molecule has 0 saturated carbocycles. The van der Waals surface area contributed by atoms with Crippen molar-refractivity contribution >= 4 is 35.3 Å². The van der Waals surface area contributed by atoms with Crippen LogP contribution in [0.5, 0.6) is 0 Å². The average Bonchev–Trinajstić information content (AvgIpc) is 2.71. The topological polar surface area (TPSA) is 75.5 Å². The Balaban J connectivity index is 0.00000180. The maximum absolute atomic E-state index is 12.3. The number of carbonyl (C=O) groups excluding carboxylic acids is 1. The van der Waals surface area contributed by atoms with Crippen LogP contribution in [0.2, 0.25) is 0 Å². The fraction of sp³-hybridized carbons (Fsp3) is 0.545. The minimum absolute atomic E-state index is 0. The summed E-state index contributed by atoms with van der Waals surface area (Å²) in [6, 6.07) is 1.50. The summed E-state index contributed by atoms with van der Waals surface area (Å²) in [6.07, 6.45) is 0. The minimum atomic E-state index is -0.441. The van der Waals surface area contributed by atoms with Crippen LogP contribution in [0.1, 0.15) is 21.5 Å². The molecule has 19 heavy (non-hydrogen) atoms. The smallest absolute Gasteiger partial charge is 0.283 e. The van der Waals surface area contributed by atoms with E-state index < -0.39 is 4.92 Å². The predicted octanol–water partition coefficient (Wildman–Crippen LogP) is 1.82. The Morgan fingerprint density at radius 2 is 2.32 bits per heavy atom. The van der Waals surface area contributed by atoms with Gasteiger partial charge in [-0.2, -0.15) is 0 Å². The number of hydrogen-bond acceptors (Lipinski definition) is 5. The van der Waals surface area contributed by atoms with Gasteiger partial charge in [-0.3, -0.25) is 14.9 Å². The zero-order valence-electron chi connectivity index (χ0n) is 10.7. The molecular formula is C11H16ClN3O3S. The first-order valence-electron chi connectivity index (χ1n) is 5.77. The van der Waals surface area contributed by atoms with Crippen molar-refractivity contribution in [3.63, 3.8) is 0 Å². The van der Waals surface area contributed by atoms with Gasteiger partial charge in [0.25, 0.3) is 11.6 Å². The fourth-order valence-corrected chi connectivity index (χ4v) is 2.99. The summed E-state index contributed by atoms with van der Waals surface area (Å²) in [4.78, 5) is 25.4. The lowest BCUT2D eigenvalue weighted by molar-refractivity contribution is -0.385. The Hall–Kier alpha value is -1.18. The molecule has 1 aromatic heterocycles. The first-order valence-corrected chi connectivity index (χ1v) is 6.59. The molecule has 1 N–H and O–H groups in total. The molecule has 106 valence electrons. The van der Waals surface area contributed by atoms with Crippen molar-refractivity contribution in [2.24, 2.45) is 0 Å². The van der Waals surface area contributed by atoms with Crippen molar-refractivity contribution in [1.29, 1.82) is 0 Å². The number of amides is 1. The average molecular weight is 306 g/mol. The van der Waals surface area contributed by atoms with Crippen LogP contribution in [-0.2, 0) is 0 Å². The van der Waals surface area contributed by atoms with Gasteiger partial charge < -0.3 is 10.2 Å². The van der Waals surface area contributed by atoms with Gasteiger partial charge in [-0.25, -0.2) is 0 Å². The molecule has 2 heterocycles. The SMILES string of the molecule is Cc1sc(C(=O)N2CCNC[C@H]2C)cc1[N+](=O)[O-].Cl. The van der Waals surface area contributed by atoms with Gasteiger partial charge in [-0.1, -0.05) is 0 Å². The lowest BCUT2D eigenvalue weighted by Crippen LogP contribution is -2.52. The lowest BCUT2D eigenvalue weighted by atomic mass is 10.2. The van der Waals surface area contributed by atoms with Crippen LogP contribution >= 0.6 is 23.7 Å². The number of hydrogen-bond donors (Lipinski definition) is 1. The number of nitrogens with zero attached hydrogens (tertiary/aromatic N) is 2. The summed E-state index contributed by atoms with van der Waals surface area (Å²) in [5, 5.41) is 14.0. The number of nitrogens with one attached hydrogen (secondary N) is 1.